The lowest BCUT2D eigenvalue weighted by atomic mass is 9.48. The third-order valence-electron chi connectivity index (χ3n) is 11.4. The maximum Gasteiger partial charge on any atom is 0.162 e. The highest BCUT2D eigenvalue weighted by Crippen LogP contribution is 2.71. The van der Waals surface area contributed by atoms with Crippen molar-refractivity contribution in [2.24, 2.45) is 52.8 Å². The van der Waals surface area contributed by atoms with Crippen LogP contribution in [0.5, 0.6) is 0 Å². The fourth-order valence-electron chi connectivity index (χ4n) is 10.4. The number of hydrogen-bond acceptors (Lipinski definition) is 4. The van der Waals surface area contributed by atoms with Crippen molar-refractivity contribution >= 4 is 5.94 Å². The summed E-state index contributed by atoms with van der Waals surface area (Å²) in [5.41, 5.74) is 0.994. The molecular weight excluding hydrogens is 422 g/mol. The summed E-state index contributed by atoms with van der Waals surface area (Å²) in [4.78, 5) is 12.4. The first kappa shape index (κ1) is 22.6. The Labute approximate surface area is 203 Å². The van der Waals surface area contributed by atoms with E-state index in [1.165, 1.54) is 51.4 Å². The molecule has 3 unspecified atom stereocenters. The van der Waals surface area contributed by atoms with Gasteiger partial charge in [-0.2, -0.15) is 10.4 Å². The molecule has 5 nitrogen and oxygen atoms in total. The third-order valence-corrected chi connectivity index (χ3v) is 11.4. The summed E-state index contributed by atoms with van der Waals surface area (Å²) in [5, 5.41) is 24.2. The van der Waals surface area contributed by atoms with Gasteiger partial charge in [-0.1, -0.05) is 13.3 Å². The van der Waals surface area contributed by atoms with Crippen molar-refractivity contribution in [1.29, 1.82) is 5.26 Å². The molecule has 6 rings (SSSR count). The molecule has 1 heterocycles. The number of aliphatic hydroxyl groups is 1. The Hall–Kier alpha value is -1.89. The Morgan fingerprint density at radius 3 is 2.62 bits per heavy atom. The molecule has 0 aliphatic heterocycles. The van der Waals surface area contributed by atoms with Gasteiger partial charge in [0.1, 0.15) is 12.0 Å². The Balaban J connectivity index is 1.30. The minimum atomic E-state index is -0.465. The van der Waals surface area contributed by atoms with Gasteiger partial charge in [0.2, 0.25) is 0 Å². The summed E-state index contributed by atoms with van der Waals surface area (Å²) in [7, 11) is 0. The second-order valence-electron chi connectivity index (χ2n) is 13.0. The van der Waals surface area contributed by atoms with Crippen LogP contribution in [0.3, 0.4) is 0 Å². The molecule has 1 aromatic rings. The van der Waals surface area contributed by atoms with Gasteiger partial charge in [-0.05, 0) is 118 Å². The summed E-state index contributed by atoms with van der Waals surface area (Å²) in [5.74, 6) is 7.83. The lowest BCUT2D eigenvalue weighted by molar-refractivity contribution is -0.105. The Bertz CT molecular complexity index is 1050. The van der Waals surface area contributed by atoms with Gasteiger partial charge in [0.05, 0.1) is 12.1 Å². The van der Waals surface area contributed by atoms with E-state index in [0.717, 1.165) is 42.1 Å². The first-order valence-corrected chi connectivity index (χ1v) is 13.7. The monoisotopic (exact) mass is 461 g/mol. The molecule has 5 aliphatic carbocycles. The average molecular weight is 462 g/mol. The Morgan fingerprint density at radius 1 is 1.09 bits per heavy atom. The van der Waals surface area contributed by atoms with E-state index in [1.54, 1.807) is 10.7 Å². The van der Waals surface area contributed by atoms with Gasteiger partial charge in [-0.15, -0.1) is 0 Å². The zero-order valence-corrected chi connectivity index (χ0v) is 20.7. The van der Waals surface area contributed by atoms with E-state index in [9.17, 15) is 9.90 Å². The molecule has 0 saturated heterocycles. The number of carbonyl (C=O) groups excluding carboxylic acids is 1. The second-order valence-corrected chi connectivity index (χ2v) is 13.0. The molecule has 182 valence electrons. The van der Waals surface area contributed by atoms with Crippen LogP contribution in [-0.2, 0) is 11.3 Å². The molecule has 0 bridgehead atoms. The van der Waals surface area contributed by atoms with Crippen molar-refractivity contribution in [1.82, 2.24) is 9.78 Å². The zero-order chi connectivity index (χ0) is 23.7. The number of nitriles is 1. The van der Waals surface area contributed by atoms with Crippen molar-refractivity contribution in [3.05, 3.63) is 23.5 Å². The largest absolute Gasteiger partial charge is 0.390 e. The van der Waals surface area contributed by atoms with Gasteiger partial charge in [-0.25, -0.2) is 4.79 Å². The molecule has 5 aliphatic rings. The van der Waals surface area contributed by atoms with E-state index in [0.29, 0.717) is 35.9 Å². The molecule has 0 spiro atoms. The molecule has 0 aromatic carbocycles. The first-order chi connectivity index (χ1) is 16.3. The standard InChI is InChI=1S/C29H39N3O2/c1-28(34)11-8-21-18(14-28)6-7-25-22(21)9-12-29(2)26(23-4-3-5-24(23)27(25)29)19(17-33)16-32-13-10-20(15-30)31-32/h10,13,18,21-27,34H,3-9,11-12,14,16H2,1-2H3/t18?,21-,22+,23-,24+,25?,26-,27?,28+,29+/m0/s1. The number of allylic oxidation sites excluding steroid dienone is 1. The number of rotatable bonds is 3. The Morgan fingerprint density at radius 2 is 1.85 bits per heavy atom. The molecular formula is C29H39N3O2. The summed E-state index contributed by atoms with van der Waals surface area (Å²) in [6.45, 7) is 5.02. The van der Waals surface area contributed by atoms with Crippen LogP contribution < -0.4 is 0 Å². The van der Waals surface area contributed by atoms with Crippen molar-refractivity contribution in [3.63, 3.8) is 0 Å². The van der Waals surface area contributed by atoms with E-state index < -0.39 is 5.60 Å². The van der Waals surface area contributed by atoms with Gasteiger partial charge in [-0.3, -0.25) is 4.68 Å². The predicted octanol–water partition coefficient (Wildman–Crippen LogP) is 5.17. The van der Waals surface area contributed by atoms with E-state index >= 15 is 0 Å². The lowest BCUT2D eigenvalue weighted by Crippen LogP contribution is -2.51. The summed E-state index contributed by atoms with van der Waals surface area (Å²) >= 11 is 0. The lowest BCUT2D eigenvalue weighted by Gasteiger charge is -2.57. The van der Waals surface area contributed by atoms with Gasteiger partial charge < -0.3 is 5.11 Å². The molecule has 5 saturated carbocycles. The van der Waals surface area contributed by atoms with Crippen LogP contribution in [0.25, 0.3) is 0 Å². The molecule has 1 aromatic heterocycles. The van der Waals surface area contributed by atoms with E-state index in [4.69, 9.17) is 5.26 Å². The molecule has 10 atom stereocenters. The van der Waals surface area contributed by atoms with E-state index in [-0.39, 0.29) is 5.41 Å². The van der Waals surface area contributed by atoms with Crippen molar-refractivity contribution in [2.45, 2.75) is 90.2 Å². The number of aromatic nitrogens is 2. The fourth-order valence-corrected chi connectivity index (χ4v) is 10.4. The topological polar surface area (TPSA) is 78.9 Å². The van der Waals surface area contributed by atoms with Crippen LogP contribution in [0, 0.1) is 64.1 Å². The SMILES string of the molecule is C[C@@]1(O)CC[C@H]2C(CCC3C4[C@@H]5CCC[C@@H]5[C@H](C(=C=O)Cn5ccc(C#N)n5)[C@@]4(C)CC[C@@H]32)C1. The smallest absolute Gasteiger partial charge is 0.162 e. The minimum Gasteiger partial charge on any atom is -0.390 e. The van der Waals surface area contributed by atoms with Crippen LogP contribution in [0.1, 0.15) is 83.7 Å². The molecule has 5 heteroatoms. The summed E-state index contributed by atoms with van der Waals surface area (Å²) in [6, 6.07) is 3.83. The molecule has 0 radical (unpaired) electrons. The molecule has 1 N–H and O–H groups in total. The normalized spacial score (nSPS) is 47.0. The van der Waals surface area contributed by atoms with Crippen molar-refractivity contribution < 1.29 is 9.90 Å². The molecule has 5 fully saturated rings. The van der Waals surface area contributed by atoms with Gasteiger partial charge in [0, 0.05) is 17.7 Å². The van der Waals surface area contributed by atoms with Crippen LogP contribution in [0.15, 0.2) is 17.8 Å². The maximum absolute atomic E-state index is 12.4. The van der Waals surface area contributed by atoms with Gasteiger partial charge >= 0.3 is 0 Å². The Kier molecular flexibility index (Phi) is 5.36. The third kappa shape index (κ3) is 3.36. The highest BCUT2D eigenvalue weighted by Gasteiger charge is 2.65. The quantitative estimate of drug-likeness (QED) is 0.630. The maximum atomic E-state index is 12.4. The van der Waals surface area contributed by atoms with Gasteiger partial charge in [0.15, 0.2) is 5.69 Å². The van der Waals surface area contributed by atoms with Crippen LogP contribution in [0.2, 0.25) is 0 Å². The highest BCUT2D eigenvalue weighted by molar-refractivity contribution is 5.54. The molecule has 0 amide bonds. The summed E-state index contributed by atoms with van der Waals surface area (Å²) in [6.07, 6.45) is 13.9. The van der Waals surface area contributed by atoms with E-state index in [1.807, 2.05) is 13.1 Å². The van der Waals surface area contributed by atoms with Crippen LogP contribution in [-0.4, -0.2) is 26.4 Å². The van der Waals surface area contributed by atoms with Crippen LogP contribution in [0.4, 0.5) is 0 Å². The predicted molar refractivity (Wildman–Crippen MR) is 129 cm³/mol. The number of fused-ring (bicyclic) bond motifs is 7. The van der Waals surface area contributed by atoms with Crippen LogP contribution >= 0.6 is 0 Å². The molecule has 34 heavy (non-hydrogen) atoms. The van der Waals surface area contributed by atoms with Gasteiger partial charge in [0.25, 0.3) is 0 Å². The number of hydrogen-bond donors (Lipinski definition) is 1. The summed E-state index contributed by atoms with van der Waals surface area (Å²) < 4.78 is 1.77. The fraction of sp³-hybridized carbons (Fsp3) is 0.793. The van der Waals surface area contributed by atoms with Crippen molar-refractivity contribution in [2.75, 3.05) is 0 Å². The second kappa shape index (κ2) is 8.07. The zero-order valence-electron chi connectivity index (χ0n) is 20.7. The minimum absolute atomic E-state index is 0.169. The van der Waals surface area contributed by atoms with Crippen molar-refractivity contribution in [3.8, 4) is 6.07 Å². The highest BCUT2D eigenvalue weighted by atomic mass is 16.3. The average Bonchev–Trinajstić information content (AvgIpc) is 3.51. The first-order valence-electron chi connectivity index (χ1n) is 13.7. The number of nitrogens with zero attached hydrogens (tertiary/aromatic N) is 3. The van der Waals surface area contributed by atoms with E-state index in [2.05, 4.69) is 24.0 Å².